The molecule has 0 saturated heterocycles. The van der Waals surface area contributed by atoms with Crippen LogP contribution in [0.3, 0.4) is 0 Å². The van der Waals surface area contributed by atoms with E-state index in [1.807, 2.05) is 41.0 Å². The van der Waals surface area contributed by atoms with Crippen molar-refractivity contribution in [2.75, 3.05) is 7.05 Å². The van der Waals surface area contributed by atoms with Gasteiger partial charge < -0.3 is 0 Å². The van der Waals surface area contributed by atoms with Crippen molar-refractivity contribution in [3.8, 4) is 10.7 Å². The van der Waals surface area contributed by atoms with Crippen LogP contribution in [-0.4, -0.2) is 26.3 Å². The molecule has 2 heterocycles. The van der Waals surface area contributed by atoms with Crippen molar-refractivity contribution in [3.63, 3.8) is 0 Å². The number of hydrogen-bond acceptors (Lipinski definition) is 4. The first kappa shape index (κ1) is 18.3. The summed E-state index contributed by atoms with van der Waals surface area (Å²) in [5, 5.41) is 7.11. The van der Waals surface area contributed by atoms with Crippen LogP contribution in [0.4, 0.5) is 4.39 Å². The monoisotopic (exact) mass is 396 g/mol. The Morgan fingerprint density at radius 3 is 2.76 bits per heavy atom. The van der Waals surface area contributed by atoms with Gasteiger partial charge in [-0.25, -0.2) is 9.07 Å². The third-order valence-corrected chi connectivity index (χ3v) is 5.50. The van der Waals surface area contributed by atoms with Crippen molar-refractivity contribution in [2.24, 2.45) is 0 Å². The zero-order chi connectivity index (χ0) is 18.0. The van der Waals surface area contributed by atoms with Gasteiger partial charge in [-0.1, -0.05) is 23.7 Å². The van der Waals surface area contributed by atoms with Gasteiger partial charge >= 0.3 is 0 Å². The maximum atomic E-state index is 14.0. The van der Waals surface area contributed by atoms with Gasteiger partial charge in [0.05, 0.1) is 11.5 Å². The molecule has 0 N–H and O–H groups in total. The lowest BCUT2D eigenvalue weighted by atomic mass is 10.2. The van der Waals surface area contributed by atoms with Crippen LogP contribution in [0.2, 0.25) is 5.02 Å². The van der Waals surface area contributed by atoms with Gasteiger partial charge in [0.1, 0.15) is 5.82 Å². The van der Waals surface area contributed by atoms with Crippen molar-refractivity contribution < 1.29 is 4.39 Å². The van der Waals surface area contributed by atoms with Crippen molar-refractivity contribution in [1.29, 1.82) is 0 Å². The van der Waals surface area contributed by atoms with Crippen LogP contribution in [0.5, 0.6) is 0 Å². The van der Waals surface area contributed by atoms with Crippen LogP contribution in [0.15, 0.2) is 35.7 Å². The number of thiophene rings is 1. The molecule has 3 aromatic rings. The van der Waals surface area contributed by atoms with Gasteiger partial charge in [0.15, 0.2) is 10.6 Å². The summed E-state index contributed by atoms with van der Waals surface area (Å²) in [5.74, 6) is 0.557. The first-order chi connectivity index (χ1) is 12.0. The summed E-state index contributed by atoms with van der Waals surface area (Å²) in [4.78, 5) is 3.01. The largest absolute Gasteiger partial charge is 0.300 e. The Kier molecular flexibility index (Phi) is 5.68. The van der Waals surface area contributed by atoms with Crippen LogP contribution < -0.4 is 0 Å². The van der Waals surface area contributed by atoms with Gasteiger partial charge in [-0.3, -0.25) is 9.47 Å². The molecule has 0 unspecified atom stereocenters. The fourth-order valence-electron chi connectivity index (χ4n) is 2.64. The minimum atomic E-state index is -0.304. The molecule has 2 aromatic heterocycles. The molecule has 0 spiro atoms. The van der Waals surface area contributed by atoms with Gasteiger partial charge in [0.2, 0.25) is 0 Å². The maximum Gasteiger partial charge on any atom is 0.199 e. The molecule has 3 rings (SSSR count). The summed E-state index contributed by atoms with van der Waals surface area (Å²) in [6, 6.07) is 8.74. The van der Waals surface area contributed by atoms with Crippen molar-refractivity contribution in [3.05, 3.63) is 56.9 Å². The van der Waals surface area contributed by atoms with E-state index in [0.29, 0.717) is 28.6 Å². The Labute approximate surface area is 160 Å². The third-order valence-electron chi connectivity index (χ3n) is 3.85. The molecule has 0 fully saturated rings. The van der Waals surface area contributed by atoms with E-state index in [4.69, 9.17) is 23.8 Å². The molecule has 0 radical (unpaired) electrons. The van der Waals surface area contributed by atoms with E-state index < -0.39 is 0 Å². The molecule has 0 aliphatic carbocycles. The molecule has 25 heavy (non-hydrogen) atoms. The highest BCUT2D eigenvalue weighted by molar-refractivity contribution is 7.71. The molecule has 0 bridgehead atoms. The molecule has 132 valence electrons. The zero-order valence-electron chi connectivity index (χ0n) is 13.9. The van der Waals surface area contributed by atoms with Crippen molar-refractivity contribution in [1.82, 2.24) is 19.2 Å². The van der Waals surface area contributed by atoms with Crippen LogP contribution >= 0.6 is 35.2 Å². The summed E-state index contributed by atoms with van der Waals surface area (Å²) < 4.78 is 18.4. The summed E-state index contributed by atoms with van der Waals surface area (Å²) in [7, 11) is 1.89. The smallest absolute Gasteiger partial charge is 0.199 e. The lowest BCUT2D eigenvalue weighted by molar-refractivity contribution is 0.241. The Bertz CT molecular complexity index is 897. The van der Waals surface area contributed by atoms with Gasteiger partial charge in [-0.05, 0) is 49.8 Å². The molecule has 0 aliphatic heterocycles. The molecular formula is C17H18ClFN4S2. The predicted octanol–water partition coefficient (Wildman–Crippen LogP) is 5.04. The Morgan fingerprint density at radius 1 is 1.32 bits per heavy atom. The molecule has 0 atom stereocenters. The molecule has 1 aromatic carbocycles. The number of rotatable bonds is 6. The average molecular weight is 397 g/mol. The number of benzene rings is 1. The minimum Gasteiger partial charge on any atom is -0.300 e. The normalized spacial score (nSPS) is 11.4. The van der Waals surface area contributed by atoms with Crippen LogP contribution in [0.25, 0.3) is 10.7 Å². The molecule has 0 saturated carbocycles. The van der Waals surface area contributed by atoms with E-state index in [-0.39, 0.29) is 5.82 Å². The second-order valence-electron chi connectivity index (χ2n) is 5.68. The second kappa shape index (κ2) is 7.78. The average Bonchev–Trinajstić information content (AvgIpc) is 3.20. The fraction of sp³-hybridized carbons (Fsp3) is 0.294. The first-order valence-electron chi connectivity index (χ1n) is 7.84. The van der Waals surface area contributed by atoms with E-state index >= 15 is 0 Å². The van der Waals surface area contributed by atoms with Gasteiger partial charge in [-0.15, -0.1) is 16.4 Å². The minimum absolute atomic E-state index is 0.304. The van der Waals surface area contributed by atoms with E-state index in [1.54, 1.807) is 28.2 Å². The number of hydrogen-bond donors (Lipinski definition) is 0. The Balaban J connectivity index is 1.84. The zero-order valence-corrected chi connectivity index (χ0v) is 16.3. The molecule has 0 aliphatic rings. The lowest BCUT2D eigenvalue weighted by Crippen LogP contribution is -2.23. The van der Waals surface area contributed by atoms with E-state index in [1.165, 1.54) is 6.07 Å². The quantitative estimate of drug-likeness (QED) is 0.545. The van der Waals surface area contributed by atoms with Gasteiger partial charge in [-0.2, -0.15) is 0 Å². The fourth-order valence-corrected chi connectivity index (χ4v) is 3.89. The van der Waals surface area contributed by atoms with E-state index in [9.17, 15) is 4.39 Å². The molecule has 8 heteroatoms. The number of aromatic nitrogens is 3. The summed E-state index contributed by atoms with van der Waals surface area (Å²) >= 11 is 13.3. The first-order valence-corrected chi connectivity index (χ1v) is 9.50. The predicted molar refractivity (Wildman–Crippen MR) is 103 cm³/mol. The topological polar surface area (TPSA) is 26.0 Å². The lowest BCUT2D eigenvalue weighted by Gasteiger charge is -2.17. The van der Waals surface area contributed by atoms with Gasteiger partial charge in [0.25, 0.3) is 0 Å². The SMILES string of the molecule is CCn1c(-c2cccs2)nn(CN(C)Cc2c(F)cccc2Cl)c1=S. The van der Waals surface area contributed by atoms with E-state index in [0.717, 1.165) is 17.2 Å². The van der Waals surface area contributed by atoms with Crippen LogP contribution in [0.1, 0.15) is 12.5 Å². The molecule has 4 nitrogen and oxygen atoms in total. The third kappa shape index (κ3) is 3.84. The molecular weight excluding hydrogens is 379 g/mol. The maximum absolute atomic E-state index is 14.0. The van der Waals surface area contributed by atoms with Gasteiger partial charge in [0, 0.05) is 23.7 Å². The van der Waals surface area contributed by atoms with Crippen molar-refractivity contribution >= 4 is 35.2 Å². The van der Waals surface area contributed by atoms with Crippen LogP contribution in [-0.2, 0) is 19.8 Å². The highest BCUT2D eigenvalue weighted by atomic mass is 35.5. The second-order valence-corrected chi connectivity index (χ2v) is 7.40. The van der Waals surface area contributed by atoms with E-state index in [2.05, 4.69) is 5.10 Å². The summed E-state index contributed by atoms with van der Waals surface area (Å²) in [6.07, 6.45) is 0. The summed E-state index contributed by atoms with van der Waals surface area (Å²) in [6.45, 7) is 3.62. The number of nitrogens with zero attached hydrogens (tertiary/aromatic N) is 4. The standard InChI is InChI=1S/C17H18ClFN4S2/c1-3-22-16(15-8-5-9-25-15)20-23(17(22)24)11-21(2)10-12-13(18)6-4-7-14(12)19/h4-9H,3,10-11H2,1-2H3. The van der Waals surface area contributed by atoms with Crippen LogP contribution in [0, 0.1) is 10.6 Å². The summed E-state index contributed by atoms with van der Waals surface area (Å²) in [5.41, 5.74) is 0.478. The highest BCUT2D eigenvalue weighted by Crippen LogP contribution is 2.24. The Morgan fingerprint density at radius 2 is 2.12 bits per heavy atom. The Hall–Kier alpha value is -1.54. The van der Waals surface area contributed by atoms with Crippen molar-refractivity contribution in [2.45, 2.75) is 26.7 Å². The number of halogens is 2. The molecule has 0 amide bonds. The highest BCUT2D eigenvalue weighted by Gasteiger charge is 2.15.